The molecule has 0 saturated heterocycles. The first-order valence-corrected chi connectivity index (χ1v) is 4.95. The first-order chi connectivity index (χ1) is 8.17. The molecule has 0 aliphatic heterocycles. The quantitative estimate of drug-likeness (QED) is 0.738. The third kappa shape index (κ3) is 1.87. The van der Waals surface area contributed by atoms with Crippen LogP contribution in [0.15, 0.2) is 30.5 Å². The van der Waals surface area contributed by atoms with Gasteiger partial charge in [0.25, 0.3) is 0 Å². The first-order valence-electron chi connectivity index (χ1n) is 4.95. The van der Waals surface area contributed by atoms with Crippen molar-refractivity contribution in [3.8, 4) is 0 Å². The van der Waals surface area contributed by atoms with E-state index in [2.05, 4.69) is 9.47 Å². The zero-order valence-electron chi connectivity index (χ0n) is 9.47. The molecule has 17 heavy (non-hydrogen) atoms. The van der Waals surface area contributed by atoms with E-state index >= 15 is 0 Å². The van der Waals surface area contributed by atoms with Crippen molar-refractivity contribution in [1.29, 1.82) is 0 Å². The van der Waals surface area contributed by atoms with Gasteiger partial charge in [-0.1, -0.05) is 0 Å². The summed E-state index contributed by atoms with van der Waals surface area (Å²) in [6.45, 7) is 0. The number of methoxy groups -OCH3 is 2. The van der Waals surface area contributed by atoms with Crippen molar-refractivity contribution in [2.75, 3.05) is 14.2 Å². The number of pyridine rings is 1. The molecule has 0 aliphatic carbocycles. The SMILES string of the molecule is COC(=O)c1cc(C(=O)OC)n2cccc2c1. The summed E-state index contributed by atoms with van der Waals surface area (Å²) < 4.78 is 11.0. The van der Waals surface area contributed by atoms with E-state index < -0.39 is 11.9 Å². The second kappa shape index (κ2) is 4.29. The Kier molecular flexibility index (Phi) is 2.82. The van der Waals surface area contributed by atoms with Crippen LogP contribution < -0.4 is 0 Å². The number of rotatable bonds is 2. The molecule has 2 rings (SSSR count). The molecule has 0 aliphatic rings. The van der Waals surface area contributed by atoms with Crippen LogP contribution in [0.1, 0.15) is 20.8 Å². The van der Waals surface area contributed by atoms with Gasteiger partial charge in [0.05, 0.1) is 19.8 Å². The number of carbonyl (C=O) groups excluding carboxylic acids is 2. The summed E-state index contributed by atoms with van der Waals surface area (Å²) in [6.07, 6.45) is 1.72. The molecule has 0 saturated carbocycles. The maximum Gasteiger partial charge on any atom is 0.355 e. The summed E-state index contributed by atoms with van der Waals surface area (Å²) in [5.41, 5.74) is 1.34. The molecular formula is C12H11NO4. The van der Waals surface area contributed by atoms with Crippen molar-refractivity contribution in [1.82, 2.24) is 4.40 Å². The lowest BCUT2D eigenvalue weighted by atomic mass is 10.2. The van der Waals surface area contributed by atoms with Crippen LogP contribution in [0.5, 0.6) is 0 Å². The molecule has 5 heteroatoms. The van der Waals surface area contributed by atoms with Crippen LogP contribution in [0.25, 0.3) is 5.52 Å². The third-order valence-electron chi connectivity index (χ3n) is 2.45. The Hall–Kier alpha value is -2.30. The molecule has 0 radical (unpaired) electrons. The second-order valence-electron chi connectivity index (χ2n) is 3.42. The van der Waals surface area contributed by atoms with E-state index in [9.17, 15) is 9.59 Å². The normalized spacial score (nSPS) is 10.2. The highest BCUT2D eigenvalue weighted by molar-refractivity contribution is 5.96. The van der Waals surface area contributed by atoms with Crippen molar-refractivity contribution < 1.29 is 19.1 Å². The van der Waals surface area contributed by atoms with Crippen molar-refractivity contribution in [3.05, 3.63) is 41.7 Å². The molecule has 0 spiro atoms. The first kappa shape index (κ1) is 11.2. The molecule has 0 atom stereocenters. The molecule has 2 aromatic heterocycles. The minimum atomic E-state index is -0.503. The van der Waals surface area contributed by atoms with Crippen LogP contribution in [0.3, 0.4) is 0 Å². The Bertz CT molecular complexity index is 585. The zero-order chi connectivity index (χ0) is 12.4. The number of ether oxygens (including phenoxy) is 2. The van der Waals surface area contributed by atoms with Crippen LogP contribution in [0, 0.1) is 0 Å². The molecule has 0 aromatic carbocycles. The highest BCUT2D eigenvalue weighted by Crippen LogP contribution is 2.14. The Morgan fingerprint density at radius 2 is 1.82 bits per heavy atom. The number of hydrogen-bond donors (Lipinski definition) is 0. The van der Waals surface area contributed by atoms with Crippen LogP contribution >= 0.6 is 0 Å². The summed E-state index contributed by atoms with van der Waals surface area (Å²) in [7, 11) is 2.59. The van der Waals surface area contributed by atoms with Gasteiger partial charge in [0.1, 0.15) is 5.69 Å². The number of fused-ring (bicyclic) bond motifs is 1. The van der Waals surface area contributed by atoms with Gasteiger partial charge in [-0.05, 0) is 24.3 Å². The van der Waals surface area contributed by atoms with E-state index in [-0.39, 0.29) is 5.69 Å². The number of carbonyl (C=O) groups is 2. The molecule has 0 bridgehead atoms. The van der Waals surface area contributed by atoms with Gasteiger partial charge in [-0.15, -0.1) is 0 Å². The largest absolute Gasteiger partial charge is 0.465 e. The summed E-state index contributed by atoms with van der Waals surface area (Å²) >= 11 is 0. The molecule has 0 N–H and O–H groups in total. The highest BCUT2D eigenvalue weighted by Gasteiger charge is 2.15. The average molecular weight is 233 g/mol. The summed E-state index contributed by atoms with van der Waals surface area (Å²) in [6, 6.07) is 6.67. The number of hydrogen-bond acceptors (Lipinski definition) is 4. The maximum atomic E-state index is 11.6. The van der Waals surface area contributed by atoms with E-state index in [0.717, 1.165) is 5.52 Å². The van der Waals surface area contributed by atoms with Gasteiger partial charge in [0, 0.05) is 11.7 Å². The lowest BCUT2D eigenvalue weighted by Crippen LogP contribution is -2.11. The lowest BCUT2D eigenvalue weighted by molar-refractivity contribution is 0.0591. The zero-order valence-corrected chi connectivity index (χ0v) is 9.47. The van der Waals surface area contributed by atoms with Crippen LogP contribution in [-0.2, 0) is 9.47 Å². The fourth-order valence-corrected chi connectivity index (χ4v) is 1.65. The van der Waals surface area contributed by atoms with Gasteiger partial charge in [-0.3, -0.25) is 0 Å². The summed E-state index contributed by atoms with van der Waals surface area (Å²) in [5, 5.41) is 0. The highest BCUT2D eigenvalue weighted by atomic mass is 16.5. The molecule has 88 valence electrons. The molecule has 2 aromatic rings. The van der Waals surface area contributed by atoms with Crippen molar-refractivity contribution in [2.24, 2.45) is 0 Å². The third-order valence-corrected chi connectivity index (χ3v) is 2.45. The van der Waals surface area contributed by atoms with Gasteiger partial charge in [-0.25, -0.2) is 9.59 Å². The molecule has 0 fully saturated rings. The van der Waals surface area contributed by atoms with Gasteiger partial charge >= 0.3 is 11.9 Å². The second-order valence-corrected chi connectivity index (χ2v) is 3.42. The van der Waals surface area contributed by atoms with Crippen molar-refractivity contribution >= 4 is 17.5 Å². The molecule has 0 unspecified atom stereocenters. The number of aromatic nitrogens is 1. The molecule has 5 nitrogen and oxygen atoms in total. The van der Waals surface area contributed by atoms with E-state index in [1.807, 2.05) is 0 Å². The average Bonchev–Trinajstić information content (AvgIpc) is 2.83. The molecular weight excluding hydrogens is 222 g/mol. The summed E-state index contributed by atoms with van der Waals surface area (Å²) in [5.74, 6) is -0.990. The molecule has 0 amide bonds. The summed E-state index contributed by atoms with van der Waals surface area (Å²) in [4.78, 5) is 23.1. The van der Waals surface area contributed by atoms with Crippen molar-refractivity contribution in [2.45, 2.75) is 0 Å². The maximum absolute atomic E-state index is 11.6. The minimum Gasteiger partial charge on any atom is -0.465 e. The van der Waals surface area contributed by atoms with E-state index in [1.54, 1.807) is 28.8 Å². The Labute approximate surface area is 97.6 Å². The predicted molar refractivity (Wildman–Crippen MR) is 60.1 cm³/mol. The van der Waals surface area contributed by atoms with E-state index in [0.29, 0.717) is 5.56 Å². The van der Waals surface area contributed by atoms with Gasteiger partial charge < -0.3 is 13.9 Å². The van der Waals surface area contributed by atoms with Gasteiger partial charge in [0.15, 0.2) is 0 Å². The fourth-order valence-electron chi connectivity index (χ4n) is 1.65. The predicted octanol–water partition coefficient (Wildman–Crippen LogP) is 1.51. The number of esters is 2. The lowest BCUT2D eigenvalue weighted by Gasteiger charge is -2.07. The Balaban J connectivity index is 2.66. The number of nitrogens with zero attached hydrogens (tertiary/aromatic N) is 1. The molecule has 2 heterocycles. The smallest absolute Gasteiger partial charge is 0.355 e. The van der Waals surface area contributed by atoms with Gasteiger partial charge in [-0.2, -0.15) is 0 Å². The Morgan fingerprint density at radius 1 is 1.12 bits per heavy atom. The van der Waals surface area contributed by atoms with Gasteiger partial charge in [0.2, 0.25) is 0 Å². The fraction of sp³-hybridized carbons (Fsp3) is 0.167. The minimum absolute atomic E-state index is 0.287. The van der Waals surface area contributed by atoms with Crippen LogP contribution in [-0.4, -0.2) is 30.6 Å². The monoisotopic (exact) mass is 233 g/mol. The van der Waals surface area contributed by atoms with Crippen molar-refractivity contribution in [3.63, 3.8) is 0 Å². The topological polar surface area (TPSA) is 57.0 Å². The Morgan fingerprint density at radius 3 is 2.47 bits per heavy atom. The van der Waals surface area contributed by atoms with E-state index in [1.165, 1.54) is 20.3 Å². The van der Waals surface area contributed by atoms with E-state index in [4.69, 9.17) is 0 Å². The van der Waals surface area contributed by atoms with Crippen LogP contribution in [0.2, 0.25) is 0 Å². The standard InChI is InChI=1S/C12H11NO4/c1-16-11(14)8-6-9-4-3-5-13(9)10(7-8)12(15)17-2/h3-7H,1-2H3. The van der Waals surface area contributed by atoms with Crippen LogP contribution in [0.4, 0.5) is 0 Å².